The number of methoxy groups -OCH3 is 1. The minimum atomic E-state index is -0.462. The fraction of sp³-hybridized carbons (Fsp3) is 0.500. The second kappa shape index (κ2) is 4.96. The van der Waals surface area contributed by atoms with Crippen molar-refractivity contribution in [3.05, 3.63) is 24.0 Å². The van der Waals surface area contributed by atoms with Crippen LogP contribution in [0, 0.1) is 0 Å². The van der Waals surface area contributed by atoms with Gasteiger partial charge >= 0.3 is 5.97 Å². The van der Waals surface area contributed by atoms with Gasteiger partial charge in [-0.05, 0) is 26.8 Å². The second-order valence-electron chi connectivity index (χ2n) is 4.45. The number of hydrogen-bond acceptors (Lipinski definition) is 4. The zero-order valence-electron chi connectivity index (χ0n) is 10.1. The molecule has 1 rings (SSSR count). The number of rotatable bonds is 3. The van der Waals surface area contributed by atoms with Crippen molar-refractivity contribution in [1.29, 1.82) is 0 Å². The van der Waals surface area contributed by atoms with E-state index < -0.39 is 5.60 Å². The third kappa shape index (κ3) is 4.29. The summed E-state index contributed by atoms with van der Waals surface area (Å²) in [6.07, 6.45) is 1.77. The quantitative estimate of drug-likeness (QED) is 0.735. The molecule has 16 heavy (non-hydrogen) atoms. The number of ether oxygens (including phenoxy) is 2. The average Bonchev–Trinajstić information content (AvgIpc) is 2.15. The molecular weight excluding hydrogens is 206 g/mol. The second-order valence-corrected chi connectivity index (χ2v) is 4.45. The normalized spacial score (nSPS) is 11.0. The summed E-state index contributed by atoms with van der Waals surface area (Å²) in [4.78, 5) is 15.6. The molecule has 0 amide bonds. The van der Waals surface area contributed by atoms with E-state index in [2.05, 4.69) is 4.98 Å². The summed E-state index contributed by atoms with van der Waals surface area (Å²) in [5.74, 6) is 0.404. The lowest BCUT2D eigenvalue weighted by atomic mass is 10.2. The molecule has 0 spiro atoms. The molecule has 1 aromatic heterocycles. The Morgan fingerprint density at radius 2 is 2.12 bits per heavy atom. The van der Waals surface area contributed by atoms with Crippen molar-refractivity contribution < 1.29 is 14.3 Å². The topological polar surface area (TPSA) is 48.4 Å². The fourth-order valence-corrected chi connectivity index (χ4v) is 1.21. The molecule has 0 radical (unpaired) electrons. The van der Waals surface area contributed by atoms with Crippen LogP contribution in [0.4, 0.5) is 0 Å². The lowest BCUT2D eigenvalue weighted by molar-refractivity contribution is -0.153. The van der Waals surface area contributed by atoms with Gasteiger partial charge in [-0.2, -0.15) is 0 Å². The van der Waals surface area contributed by atoms with Crippen molar-refractivity contribution in [2.45, 2.75) is 32.8 Å². The number of aromatic nitrogens is 1. The van der Waals surface area contributed by atoms with Crippen molar-refractivity contribution in [3.8, 4) is 5.75 Å². The highest BCUT2D eigenvalue weighted by atomic mass is 16.6. The van der Waals surface area contributed by atoms with Crippen LogP contribution in [0.1, 0.15) is 26.5 Å². The van der Waals surface area contributed by atoms with Gasteiger partial charge in [0.2, 0.25) is 0 Å². The van der Waals surface area contributed by atoms with Crippen LogP contribution in [0.3, 0.4) is 0 Å². The largest absolute Gasteiger partial charge is 0.497 e. The van der Waals surface area contributed by atoms with Gasteiger partial charge in [0.15, 0.2) is 0 Å². The number of nitrogens with zero attached hydrogens (tertiary/aromatic N) is 1. The summed E-state index contributed by atoms with van der Waals surface area (Å²) in [5.41, 5.74) is 0.185. The molecule has 1 heterocycles. The van der Waals surface area contributed by atoms with Gasteiger partial charge in [-0.25, -0.2) is 0 Å². The van der Waals surface area contributed by atoms with Crippen molar-refractivity contribution >= 4 is 5.97 Å². The van der Waals surface area contributed by atoms with Crippen LogP contribution in [0.15, 0.2) is 18.3 Å². The monoisotopic (exact) mass is 223 g/mol. The molecular formula is C12H17NO3. The van der Waals surface area contributed by atoms with Crippen LogP contribution >= 0.6 is 0 Å². The smallest absolute Gasteiger partial charge is 0.312 e. The third-order valence-corrected chi connectivity index (χ3v) is 1.77. The lowest BCUT2D eigenvalue weighted by Crippen LogP contribution is -2.25. The van der Waals surface area contributed by atoms with Crippen LogP contribution in [0.25, 0.3) is 0 Å². The Hall–Kier alpha value is -1.58. The molecule has 4 nitrogen and oxygen atoms in total. The Morgan fingerprint density at radius 3 is 2.69 bits per heavy atom. The average molecular weight is 223 g/mol. The van der Waals surface area contributed by atoms with Crippen molar-refractivity contribution in [2.24, 2.45) is 0 Å². The summed E-state index contributed by atoms with van der Waals surface area (Å²) in [5, 5.41) is 0. The summed E-state index contributed by atoms with van der Waals surface area (Å²) < 4.78 is 10.2. The van der Waals surface area contributed by atoms with Gasteiger partial charge in [-0.15, -0.1) is 0 Å². The Morgan fingerprint density at radius 1 is 1.44 bits per heavy atom. The molecule has 88 valence electrons. The van der Waals surface area contributed by atoms with E-state index in [0.717, 1.165) is 0 Å². The van der Waals surface area contributed by atoms with Crippen LogP contribution in [0.2, 0.25) is 0 Å². The predicted molar refractivity (Wildman–Crippen MR) is 60.3 cm³/mol. The zero-order valence-corrected chi connectivity index (χ0v) is 10.1. The minimum Gasteiger partial charge on any atom is -0.497 e. The highest BCUT2D eigenvalue weighted by molar-refractivity contribution is 5.72. The number of esters is 1. The molecule has 0 atom stereocenters. The molecule has 1 aromatic rings. The van der Waals surface area contributed by atoms with E-state index in [1.807, 2.05) is 20.8 Å². The van der Waals surface area contributed by atoms with Gasteiger partial charge in [0.25, 0.3) is 0 Å². The van der Waals surface area contributed by atoms with Crippen molar-refractivity contribution in [3.63, 3.8) is 0 Å². The maximum atomic E-state index is 11.5. The molecule has 0 N–H and O–H groups in total. The van der Waals surface area contributed by atoms with E-state index in [0.29, 0.717) is 11.4 Å². The number of hydrogen-bond donors (Lipinski definition) is 0. The first kappa shape index (κ1) is 12.5. The molecule has 0 saturated carbocycles. The molecule has 0 unspecified atom stereocenters. The molecule has 0 aliphatic carbocycles. The maximum absolute atomic E-state index is 11.5. The zero-order chi connectivity index (χ0) is 12.2. The van der Waals surface area contributed by atoms with Crippen LogP contribution in [-0.2, 0) is 16.0 Å². The standard InChI is InChI=1S/C12H17NO3/c1-12(2,3)16-11(14)8-9-7-10(15-4)5-6-13-9/h5-7H,8H2,1-4H3. The summed E-state index contributed by atoms with van der Waals surface area (Å²) in [6, 6.07) is 3.46. The summed E-state index contributed by atoms with van der Waals surface area (Å²) in [7, 11) is 1.58. The number of carbonyl (C=O) groups excluding carboxylic acids is 1. The van der Waals surface area contributed by atoms with Gasteiger partial charge in [-0.3, -0.25) is 9.78 Å². The van der Waals surface area contributed by atoms with E-state index >= 15 is 0 Å². The van der Waals surface area contributed by atoms with Gasteiger partial charge in [0, 0.05) is 12.3 Å². The van der Waals surface area contributed by atoms with E-state index in [9.17, 15) is 4.79 Å². The first-order valence-corrected chi connectivity index (χ1v) is 5.11. The SMILES string of the molecule is COc1ccnc(CC(=O)OC(C)(C)C)c1. The van der Waals surface area contributed by atoms with E-state index in [-0.39, 0.29) is 12.4 Å². The lowest BCUT2D eigenvalue weighted by Gasteiger charge is -2.19. The third-order valence-electron chi connectivity index (χ3n) is 1.77. The highest BCUT2D eigenvalue weighted by Crippen LogP contribution is 2.13. The Kier molecular flexibility index (Phi) is 3.88. The molecule has 0 bridgehead atoms. The van der Waals surface area contributed by atoms with E-state index in [4.69, 9.17) is 9.47 Å². The van der Waals surface area contributed by atoms with Gasteiger partial charge in [0.05, 0.1) is 19.2 Å². The van der Waals surface area contributed by atoms with Crippen LogP contribution < -0.4 is 4.74 Å². The molecule has 4 heteroatoms. The number of pyridine rings is 1. The van der Waals surface area contributed by atoms with Gasteiger partial charge in [-0.1, -0.05) is 0 Å². The number of carbonyl (C=O) groups is 1. The van der Waals surface area contributed by atoms with Crippen LogP contribution in [0.5, 0.6) is 5.75 Å². The highest BCUT2D eigenvalue weighted by Gasteiger charge is 2.16. The fourth-order valence-electron chi connectivity index (χ4n) is 1.21. The minimum absolute atomic E-state index is 0.161. The van der Waals surface area contributed by atoms with Crippen molar-refractivity contribution in [1.82, 2.24) is 4.98 Å². The Balaban J connectivity index is 2.62. The van der Waals surface area contributed by atoms with Gasteiger partial charge in [0.1, 0.15) is 11.4 Å². The van der Waals surface area contributed by atoms with Crippen molar-refractivity contribution in [2.75, 3.05) is 7.11 Å². The molecule has 0 aromatic carbocycles. The molecule has 0 aliphatic heterocycles. The Bertz CT molecular complexity index is 369. The van der Waals surface area contributed by atoms with E-state index in [1.165, 1.54) is 0 Å². The summed E-state index contributed by atoms with van der Waals surface area (Å²) in [6.45, 7) is 5.51. The first-order valence-electron chi connectivity index (χ1n) is 5.11. The van der Waals surface area contributed by atoms with Gasteiger partial charge < -0.3 is 9.47 Å². The van der Waals surface area contributed by atoms with Crippen LogP contribution in [-0.4, -0.2) is 23.7 Å². The summed E-state index contributed by atoms with van der Waals surface area (Å²) >= 11 is 0. The molecule has 0 saturated heterocycles. The first-order chi connectivity index (χ1) is 7.40. The Labute approximate surface area is 95.6 Å². The maximum Gasteiger partial charge on any atom is 0.312 e. The van der Waals surface area contributed by atoms with E-state index in [1.54, 1.807) is 25.4 Å². The molecule has 0 aliphatic rings. The predicted octanol–water partition coefficient (Wildman–Crippen LogP) is 1.97. The molecule has 0 fully saturated rings.